The van der Waals surface area contributed by atoms with E-state index < -0.39 is 0 Å². The lowest BCUT2D eigenvalue weighted by Gasteiger charge is -2.19. The standard InChI is InChI=1S/C16H18ClN5O.ClH/c1-3-21(4-2)8-11-7-12(5-6-13(11)23)22-10-20-14-15(17)18-9-19-16(14)22;/h5-7,9-10,23H,3-4,8H2,1-2H3;1H. The van der Waals surface area contributed by atoms with Gasteiger partial charge < -0.3 is 5.11 Å². The Morgan fingerprint density at radius 1 is 1.17 bits per heavy atom. The summed E-state index contributed by atoms with van der Waals surface area (Å²) in [5, 5.41) is 10.5. The third kappa shape index (κ3) is 3.45. The largest absolute Gasteiger partial charge is 0.508 e. The summed E-state index contributed by atoms with van der Waals surface area (Å²) in [5.41, 5.74) is 2.95. The molecule has 0 atom stereocenters. The Bertz CT molecular complexity index is 832. The van der Waals surface area contributed by atoms with Gasteiger partial charge in [-0.25, -0.2) is 15.0 Å². The number of hydrogen-bond donors (Lipinski definition) is 1. The van der Waals surface area contributed by atoms with Gasteiger partial charge in [0.1, 0.15) is 23.9 Å². The summed E-state index contributed by atoms with van der Waals surface area (Å²) in [6.45, 7) is 6.75. The predicted molar refractivity (Wildman–Crippen MR) is 97.2 cm³/mol. The first-order valence-electron chi connectivity index (χ1n) is 7.52. The Labute approximate surface area is 151 Å². The number of halogens is 2. The van der Waals surface area contributed by atoms with Crippen LogP contribution < -0.4 is 0 Å². The summed E-state index contributed by atoms with van der Waals surface area (Å²) in [6, 6.07) is 5.48. The lowest BCUT2D eigenvalue weighted by Crippen LogP contribution is -2.22. The first kappa shape index (κ1) is 18.4. The van der Waals surface area contributed by atoms with E-state index in [1.807, 2.05) is 16.7 Å². The van der Waals surface area contributed by atoms with Gasteiger partial charge in [0.25, 0.3) is 0 Å². The van der Waals surface area contributed by atoms with Gasteiger partial charge in [-0.3, -0.25) is 9.47 Å². The molecule has 0 spiro atoms. The van der Waals surface area contributed by atoms with Crippen LogP contribution in [0, 0.1) is 0 Å². The van der Waals surface area contributed by atoms with Crippen molar-refractivity contribution in [2.45, 2.75) is 20.4 Å². The molecule has 24 heavy (non-hydrogen) atoms. The Morgan fingerprint density at radius 3 is 2.62 bits per heavy atom. The topological polar surface area (TPSA) is 67.1 Å². The molecule has 0 unspecified atom stereocenters. The molecule has 0 aliphatic carbocycles. The fourth-order valence-electron chi connectivity index (χ4n) is 2.53. The van der Waals surface area contributed by atoms with Crippen molar-refractivity contribution in [1.29, 1.82) is 0 Å². The number of fused-ring (bicyclic) bond motifs is 1. The van der Waals surface area contributed by atoms with Crippen LogP contribution in [0.2, 0.25) is 5.15 Å². The Balaban J connectivity index is 0.00000208. The lowest BCUT2D eigenvalue weighted by molar-refractivity contribution is 0.291. The molecule has 0 saturated carbocycles. The average molecular weight is 368 g/mol. The smallest absolute Gasteiger partial charge is 0.169 e. The SMILES string of the molecule is CCN(CC)Cc1cc(-n2cnc3c(Cl)ncnc32)ccc1O.Cl. The van der Waals surface area contributed by atoms with E-state index in [1.165, 1.54) is 6.33 Å². The highest BCUT2D eigenvalue weighted by atomic mass is 35.5. The van der Waals surface area contributed by atoms with Crippen LogP contribution >= 0.6 is 24.0 Å². The first-order chi connectivity index (χ1) is 11.1. The minimum atomic E-state index is 0. The van der Waals surface area contributed by atoms with Crippen molar-refractivity contribution in [2.75, 3.05) is 13.1 Å². The molecule has 0 radical (unpaired) electrons. The Morgan fingerprint density at radius 2 is 1.92 bits per heavy atom. The van der Waals surface area contributed by atoms with E-state index in [9.17, 15) is 5.11 Å². The number of hydrogen-bond acceptors (Lipinski definition) is 5. The highest BCUT2D eigenvalue weighted by Crippen LogP contribution is 2.25. The maximum absolute atomic E-state index is 10.1. The number of phenols is 1. The lowest BCUT2D eigenvalue weighted by atomic mass is 10.1. The van der Waals surface area contributed by atoms with Gasteiger partial charge in [0, 0.05) is 17.8 Å². The normalized spacial score (nSPS) is 11.0. The quantitative estimate of drug-likeness (QED) is 0.699. The maximum atomic E-state index is 10.1. The molecule has 1 N–H and O–H groups in total. The Kier molecular flexibility index (Phi) is 5.99. The predicted octanol–water partition coefficient (Wildman–Crippen LogP) is 3.44. The molecule has 0 saturated heterocycles. The van der Waals surface area contributed by atoms with Crippen LogP contribution in [0.1, 0.15) is 19.4 Å². The number of rotatable bonds is 5. The molecule has 0 aliphatic heterocycles. The van der Waals surface area contributed by atoms with E-state index in [0.29, 0.717) is 22.9 Å². The molecule has 0 bridgehead atoms. The minimum absolute atomic E-state index is 0. The highest BCUT2D eigenvalue weighted by molar-refractivity contribution is 6.33. The van der Waals surface area contributed by atoms with Crippen molar-refractivity contribution >= 4 is 35.2 Å². The molecule has 128 valence electrons. The molecular formula is C16H19Cl2N5O. The third-order valence-electron chi connectivity index (χ3n) is 3.92. The van der Waals surface area contributed by atoms with Gasteiger partial charge in [-0.2, -0.15) is 0 Å². The summed E-state index contributed by atoms with van der Waals surface area (Å²) < 4.78 is 1.84. The van der Waals surface area contributed by atoms with Crippen molar-refractivity contribution < 1.29 is 5.11 Å². The van der Waals surface area contributed by atoms with Crippen molar-refractivity contribution in [2.24, 2.45) is 0 Å². The summed E-state index contributed by atoms with van der Waals surface area (Å²) in [6.07, 6.45) is 3.08. The zero-order valence-electron chi connectivity index (χ0n) is 13.5. The van der Waals surface area contributed by atoms with Crippen LogP contribution in [0.4, 0.5) is 0 Å². The van der Waals surface area contributed by atoms with Crippen LogP contribution in [-0.4, -0.2) is 42.6 Å². The van der Waals surface area contributed by atoms with Crippen molar-refractivity contribution in [3.63, 3.8) is 0 Å². The fraction of sp³-hybridized carbons (Fsp3) is 0.312. The second kappa shape index (κ2) is 7.79. The monoisotopic (exact) mass is 367 g/mol. The van der Waals surface area contributed by atoms with E-state index in [0.717, 1.165) is 24.3 Å². The van der Waals surface area contributed by atoms with Gasteiger partial charge >= 0.3 is 0 Å². The fourth-order valence-corrected chi connectivity index (χ4v) is 2.71. The zero-order valence-corrected chi connectivity index (χ0v) is 15.0. The molecule has 8 heteroatoms. The number of phenolic OH excluding ortho intramolecular Hbond substituents is 1. The summed E-state index contributed by atoms with van der Waals surface area (Å²) in [4.78, 5) is 14.7. The molecule has 1 aromatic carbocycles. The van der Waals surface area contributed by atoms with Crippen LogP contribution in [0.5, 0.6) is 5.75 Å². The van der Waals surface area contributed by atoms with Crippen LogP contribution in [0.25, 0.3) is 16.9 Å². The van der Waals surface area contributed by atoms with Gasteiger partial charge in [-0.1, -0.05) is 25.4 Å². The van der Waals surface area contributed by atoms with Crippen molar-refractivity contribution in [3.8, 4) is 11.4 Å². The number of aromatic hydroxyl groups is 1. The molecule has 0 aliphatic rings. The second-order valence-corrected chi connectivity index (χ2v) is 5.58. The van der Waals surface area contributed by atoms with Gasteiger partial charge in [-0.15, -0.1) is 12.4 Å². The molecule has 2 heterocycles. The van der Waals surface area contributed by atoms with Crippen LogP contribution in [0.3, 0.4) is 0 Å². The minimum Gasteiger partial charge on any atom is -0.508 e. The van der Waals surface area contributed by atoms with E-state index in [-0.39, 0.29) is 18.2 Å². The number of benzene rings is 1. The van der Waals surface area contributed by atoms with E-state index in [1.54, 1.807) is 12.4 Å². The summed E-state index contributed by atoms with van der Waals surface area (Å²) in [5.74, 6) is 0.290. The molecule has 6 nitrogen and oxygen atoms in total. The third-order valence-corrected chi connectivity index (χ3v) is 4.20. The van der Waals surface area contributed by atoms with Gasteiger partial charge in [0.2, 0.25) is 0 Å². The summed E-state index contributed by atoms with van der Waals surface area (Å²) >= 11 is 6.05. The number of aromatic nitrogens is 4. The van der Waals surface area contributed by atoms with E-state index >= 15 is 0 Å². The number of nitrogens with zero attached hydrogens (tertiary/aromatic N) is 5. The molecule has 3 aromatic rings. The van der Waals surface area contributed by atoms with Gasteiger partial charge in [0.05, 0.1) is 0 Å². The number of imidazole rings is 1. The van der Waals surface area contributed by atoms with Crippen LogP contribution in [0.15, 0.2) is 30.9 Å². The highest BCUT2D eigenvalue weighted by Gasteiger charge is 2.12. The molecule has 0 amide bonds. The van der Waals surface area contributed by atoms with Gasteiger partial charge in [-0.05, 0) is 31.3 Å². The zero-order chi connectivity index (χ0) is 16.4. The van der Waals surface area contributed by atoms with Crippen molar-refractivity contribution in [1.82, 2.24) is 24.4 Å². The molecular weight excluding hydrogens is 349 g/mol. The van der Waals surface area contributed by atoms with E-state index in [4.69, 9.17) is 11.6 Å². The average Bonchev–Trinajstić information content (AvgIpc) is 2.99. The molecule has 2 aromatic heterocycles. The van der Waals surface area contributed by atoms with Crippen molar-refractivity contribution in [3.05, 3.63) is 41.6 Å². The Hall–Kier alpha value is -1.89. The van der Waals surface area contributed by atoms with E-state index in [2.05, 4.69) is 33.7 Å². The second-order valence-electron chi connectivity index (χ2n) is 5.23. The molecule has 3 rings (SSSR count). The molecule has 0 fully saturated rings. The van der Waals surface area contributed by atoms with Gasteiger partial charge in [0.15, 0.2) is 10.8 Å². The van der Waals surface area contributed by atoms with Crippen LogP contribution in [-0.2, 0) is 6.54 Å². The summed E-state index contributed by atoms with van der Waals surface area (Å²) in [7, 11) is 0. The first-order valence-corrected chi connectivity index (χ1v) is 7.90. The maximum Gasteiger partial charge on any atom is 0.169 e.